The molecule has 0 fully saturated rings. The Hall–Kier alpha value is -0.780. The van der Waals surface area contributed by atoms with Crippen LogP contribution in [0.2, 0.25) is 0 Å². The molecule has 0 spiro atoms. The smallest absolute Gasteiger partial charge is 0.313 e. The van der Waals surface area contributed by atoms with Crippen molar-refractivity contribution < 1.29 is 4.79 Å². The number of rotatable bonds is 3. The molecule has 13 heavy (non-hydrogen) atoms. The third-order valence-corrected chi connectivity index (χ3v) is 2.31. The molecule has 1 aromatic carbocycles. The van der Waals surface area contributed by atoms with Gasteiger partial charge in [-0.05, 0) is 5.56 Å². The highest BCUT2D eigenvalue weighted by atomic mass is 127. The summed E-state index contributed by atoms with van der Waals surface area (Å²) in [6, 6.07) is 9.48. The van der Waals surface area contributed by atoms with Gasteiger partial charge in [-0.15, -0.1) is 0 Å². The van der Waals surface area contributed by atoms with Crippen LogP contribution in [0.4, 0.5) is 4.79 Å². The lowest BCUT2D eigenvalue weighted by Gasteiger charge is -2.09. The maximum Gasteiger partial charge on any atom is 0.313 e. The molecule has 3 N–H and O–H groups in total. The van der Waals surface area contributed by atoms with Crippen LogP contribution in [0.5, 0.6) is 0 Å². The fourth-order valence-electron chi connectivity index (χ4n) is 1.03. The normalized spacial score (nSPS) is 12.1. The van der Waals surface area contributed by atoms with E-state index in [2.05, 4.69) is 27.9 Å². The van der Waals surface area contributed by atoms with Crippen molar-refractivity contribution in [1.29, 1.82) is 0 Å². The van der Waals surface area contributed by atoms with E-state index in [1.54, 1.807) is 0 Å². The highest BCUT2D eigenvalue weighted by molar-refractivity contribution is 14.1. The van der Waals surface area contributed by atoms with Crippen LogP contribution in [0.25, 0.3) is 0 Å². The maximum absolute atomic E-state index is 10.5. The van der Waals surface area contributed by atoms with E-state index in [1.807, 2.05) is 30.3 Å². The molecule has 1 unspecified atom stereocenters. The van der Waals surface area contributed by atoms with Crippen LogP contribution < -0.4 is 11.1 Å². The van der Waals surface area contributed by atoms with Crippen LogP contribution in [0.15, 0.2) is 30.3 Å². The molecule has 0 bridgehead atoms. The molecule has 0 aliphatic rings. The van der Waals surface area contributed by atoms with E-state index in [1.165, 1.54) is 5.56 Å². The minimum absolute atomic E-state index is 0.0532. The van der Waals surface area contributed by atoms with E-state index in [-0.39, 0.29) is 4.05 Å². The topological polar surface area (TPSA) is 55.1 Å². The van der Waals surface area contributed by atoms with Crippen molar-refractivity contribution in [2.45, 2.75) is 10.5 Å². The maximum atomic E-state index is 10.5. The van der Waals surface area contributed by atoms with Gasteiger partial charge in [0.1, 0.15) is 0 Å². The molecule has 0 aromatic heterocycles. The zero-order valence-corrected chi connectivity index (χ0v) is 9.19. The van der Waals surface area contributed by atoms with Crippen LogP contribution in [-0.2, 0) is 6.42 Å². The lowest BCUT2D eigenvalue weighted by Crippen LogP contribution is -2.36. The van der Waals surface area contributed by atoms with Gasteiger partial charge in [0.2, 0.25) is 0 Å². The summed E-state index contributed by atoms with van der Waals surface area (Å²) in [6.45, 7) is 0. The van der Waals surface area contributed by atoms with Crippen LogP contribution in [0, 0.1) is 0 Å². The van der Waals surface area contributed by atoms with Gasteiger partial charge in [0.25, 0.3) is 0 Å². The van der Waals surface area contributed by atoms with E-state index < -0.39 is 6.03 Å². The summed E-state index contributed by atoms with van der Waals surface area (Å²) >= 11 is 2.15. The summed E-state index contributed by atoms with van der Waals surface area (Å²) in [5, 5.41) is 2.62. The summed E-state index contributed by atoms with van der Waals surface area (Å²) in [6.07, 6.45) is 0.796. The first-order valence-electron chi connectivity index (χ1n) is 3.92. The number of benzene rings is 1. The van der Waals surface area contributed by atoms with Gasteiger partial charge in [-0.2, -0.15) is 0 Å². The molecule has 1 aromatic rings. The molecule has 0 saturated carbocycles. The molecule has 0 aliphatic carbocycles. The molecule has 0 saturated heterocycles. The third kappa shape index (κ3) is 4.12. The second kappa shape index (κ2) is 5.06. The first-order chi connectivity index (χ1) is 6.18. The van der Waals surface area contributed by atoms with Crippen molar-refractivity contribution in [3.8, 4) is 0 Å². The number of halogens is 1. The largest absolute Gasteiger partial charge is 0.352 e. The van der Waals surface area contributed by atoms with Crippen molar-refractivity contribution >= 4 is 28.6 Å². The first-order valence-corrected chi connectivity index (χ1v) is 5.17. The molecule has 70 valence electrons. The van der Waals surface area contributed by atoms with Gasteiger partial charge in [-0.3, -0.25) is 0 Å². The molecule has 3 nitrogen and oxygen atoms in total. The van der Waals surface area contributed by atoms with E-state index in [0.29, 0.717) is 0 Å². The average molecular weight is 290 g/mol. The molecule has 1 rings (SSSR count). The number of nitrogens with two attached hydrogens (primary N) is 1. The van der Waals surface area contributed by atoms with Crippen molar-refractivity contribution in [3.63, 3.8) is 0 Å². The molecule has 4 heteroatoms. The molecule has 0 radical (unpaired) electrons. The molecular formula is C9H11IN2O. The van der Waals surface area contributed by atoms with Crippen molar-refractivity contribution in [3.05, 3.63) is 35.9 Å². The summed E-state index contributed by atoms with van der Waals surface area (Å²) < 4.78 is 0.0532. The zero-order chi connectivity index (χ0) is 9.68. The van der Waals surface area contributed by atoms with Crippen LogP contribution in [0.1, 0.15) is 5.56 Å². The van der Waals surface area contributed by atoms with Gasteiger partial charge in [0, 0.05) is 6.42 Å². The number of carbonyl (C=O) groups excluding carboxylic acids is 1. The Labute approximate surface area is 90.8 Å². The molecule has 2 amide bonds. The summed E-state index contributed by atoms with van der Waals surface area (Å²) in [7, 11) is 0. The Balaban J connectivity index is 2.45. The number of amides is 2. The Bertz CT molecular complexity index is 276. The molecular weight excluding hydrogens is 279 g/mol. The average Bonchev–Trinajstić information content (AvgIpc) is 2.04. The monoisotopic (exact) mass is 290 g/mol. The Kier molecular flexibility index (Phi) is 4.01. The highest BCUT2D eigenvalue weighted by Crippen LogP contribution is 2.07. The zero-order valence-electron chi connectivity index (χ0n) is 7.03. The number of alkyl halides is 1. The third-order valence-electron chi connectivity index (χ3n) is 1.56. The molecule has 0 heterocycles. The standard InChI is InChI=1S/C9H11IN2O/c10-8(12-9(11)13)6-7-4-2-1-3-5-7/h1-5,8H,6H2,(H3,11,12,13). The van der Waals surface area contributed by atoms with Crippen LogP contribution in [-0.4, -0.2) is 10.1 Å². The van der Waals surface area contributed by atoms with E-state index >= 15 is 0 Å². The number of hydrogen-bond donors (Lipinski definition) is 2. The van der Waals surface area contributed by atoms with Crippen molar-refractivity contribution in [2.24, 2.45) is 5.73 Å². The number of hydrogen-bond acceptors (Lipinski definition) is 1. The van der Waals surface area contributed by atoms with Crippen molar-refractivity contribution in [2.75, 3.05) is 0 Å². The Morgan fingerprint density at radius 2 is 2.08 bits per heavy atom. The number of carbonyl (C=O) groups is 1. The van der Waals surface area contributed by atoms with Crippen molar-refractivity contribution in [1.82, 2.24) is 5.32 Å². The quantitative estimate of drug-likeness (QED) is 0.496. The van der Waals surface area contributed by atoms with E-state index in [9.17, 15) is 4.79 Å². The minimum atomic E-state index is -0.477. The van der Waals surface area contributed by atoms with Gasteiger partial charge < -0.3 is 11.1 Å². The van der Waals surface area contributed by atoms with Gasteiger partial charge in [-0.25, -0.2) is 4.79 Å². The van der Waals surface area contributed by atoms with Gasteiger partial charge >= 0.3 is 6.03 Å². The van der Waals surface area contributed by atoms with Gasteiger partial charge in [0.05, 0.1) is 4.05 Å². The summed E-state index contributed by atoms with van der Waals surface area (Å²) in [4.78, 5) is 10.5. The minimum Gasteiger partial charge on any atom is -0.352 e. The predicted octanol–water partition coefficient (Wildman–Crippen LogP) is 1.66. The fraction of sp³-hybridized carbons (Fsp3) is 0.222. The Morgan fingerprint density at radius 3 is 2.62 bits per heavy atom. The molecule has 0 aliphatic heterocycles. The Morgan fingerprint density at radius 1 is 1.46 bits per heavy atom. The number of nitrogens with one attached hydrogen (secondary N) is 1. The number of urea groups is 1. The predicted molar refractivity (Wildman–Crippen MR) is 60.7 cm³/mol. The van der Waals surface area contributed by atoms with Gasteiger partial charge in [0.15, 0.2) is 0 Å². The lowest BCUT2D eigenvalue weighted by atomic mass is 10.1. The second-order valence-corrected chi connectivity index (χ2v) is 4.17. The SMILES string of the molecule is NC(=O)NC(I)Cc1ccccc1. The number of primary amides is 1. The summed E-state index contributed by atoms with van der Waals surface area (Å²) in [5.74, 6) is 0. The van der Waals surface area contributed by atoms with E-state index in [0.717, 1.165) is 6.42 Å². The molecule has 1 atom stereocenters. The van der Waals surface area contributed by atoms with Crippen LogP contribution >= 0.6 is 22.6 Å². The first kappa shape index (κ1) is 10.3. The fourth-order valence-corrected chi connectivity index (χ4v) is 1.84. The van der Waals surface area contributed by atoms with E-state index in [4.69, 9.17) is 5.73 Å². The van der Waals surface area contributed by atoms with Gasteiger partial charge in [-0.1, -0.05) is 52.9 Å². The summed E-state index contributed by atoms with van der Waals surface area (Å²) in [5.41, 5.74) is 6.18. The second-order valence-electron chi connectivity index (χ2n) is 2.67. The van der Waals surface area contributed by atoms with Crippen LogP contribution in [0.3, 0.4) is 0 Å². The highest BCUT2D eigenvalue weighted by Gasteiger charge is 2.05. The lowest BCUT2D eigenvalue weighted by molar-refractivity contribution is 0.248.